The van der Waals surface area contributed by atoms with E-state index in [9.17, 15) is 14.7 Å². The van der Waals surface area contributed by atoms with Crippen LogP contribution >= 0.6 is 0 Å². The van der Waals surface area contributed by atoms with Crippen LogP contribution in [0.25, 0.3) is 0 Å². The van der Waals surface area contributed by atoms with Gasteiger partial charge in [-0.25, -0.2) is 0 Å². The molecule has 2 atom stereocenters. The van der Waals surface area contributed by atoms with Crippen molar-refractivity contribution in [2.24, 2.45) is 0 Å². The van der Waals surface area contributed by atoms with Crippen LogP contribution in [0.15, 0.2) is 83.2 Å². The van der Waals surface area contributed by atoms with Crippen molar-refractivity contribution < 1.29 is 28.9 Å². The number of hydrogen-bond donors (Lipinski definition) is 3. The molecule has 42 heavy (non-hydrogen) atoms. The maximum Gasteiger partial charge on any atom is 0.254 e. The monoisotopic (exact) mass is 568 g/mol. The molecule has 5 rings (SSSR count). The van der Waals surface area contributed by atoms with E-state index in [1.165, 1.54) is 0 Å². The number of hydrogen-bond acceptors (Lipinski definition) is 7. The van der Waals surface area contributed by atoms with E-state index in [2.05, 4.69) is 10.6 Å². The van der Waals surface area contributed by atoms with E-state index >= 15 is 0 Å². The lowest BCUT2D eigenvalue weighted by molar-refractivity contribution is -0.116. The molecule has 0 saturated carbocycles. The molecule has 0 saturated heterocycles. The lowest BCUT2D eigenvalue weighted by Gasteiger charge is -2.37. The second-order valence-electron chi connectivity index (χ2n) is 10.6. The minimum atomic E-state index is -0.649. The van der Waals surface area contributed by atoms with Crippen LogP contribution in [-0.4, -0.2) is 37.6 Å². The number of para-hydroxylation sites is 1. The quantitative estimate of drug-likeness (QED) is 0.301. The number of allylic oxidation sites excluding steroid dienone is 3. The van der Waals surface area contributed by atoms with Crippen LogP contribution in [0.3, 0.4) is 0 Å². The summed E-state index contributed by atoms with van der Waals surface area (Å²) in [5, 5.41) is 16.9. The Morgan fingerprint density at radius 1 is 0.952 bits per heavy atom. The third kappa shape index (κ3) is 5.44. The maximum absolute atomic E-state index is 14.0. The van der Waals surface area contributed by atoms with Gasteiger partial charge in [0.2, 0.25) is 0 Å². The van der Waals surface area contributed by atoms with Gasteiger partial charge in [0.1, 0.15) is 0 Å². The van der Waals surface area contributed by atoms with Crippen LogP contribution in [0, 0.1) is 6.92 Å². The molecule has 3 N–H and O–H groups in total. The number of rotatable bonds is 8. The largest absolute Gasteiger partial charge is 0.504 e. The number of carbonyl (C=O) groups is 2. The Labute approximate surface area is 246 Å². The molecule has 1 amide bonds. The van der Waals surface area contributed by atoms with E-state index in [0.717, 1.165) is 16.8 Å². The highest BCUT2D eigenvalue weighted by molar-refractivity contribution is 6.10. The summed E-state index contributed by atoms with van der Waals surface area (Å²) in [5.74, 6) is 0.453. The van der Waals surface area contributed by atoms with Crippen LogP contribution in [0.2, 0.25) is 0 Å². The number of aryl methyl sites for hydroxylation is 1. The highest BCUT2D eigenvalue weighted by Gasteiger charge is 2.41. The van der Waals surface area contributed by atoms with Gasteiger partial charge in [-0.05, 0) is 80.1 Å². The van der Waals surface area contributed by atoms with Crippen molar-refractivity contribution in [1.82, 2.24) is 5.32 Å². The van der Waals surface area contributed by atoms with Gasteiger partial charge in [0, 0.05) is 40.6 Å². The van der Waals surface area contributed by atoms with E-state index in [1.54, 1.807) is 32.4 Å². The van der Waals surface area contributed by atoms with Gasteiger partial charge in [0.05, 0.1) is 20.8 Å². The minimum absolute atomic E-state index is 0.00108. The first kappa shape index (κ1) is 28.8. The zero-order valence-electron chi connectivity index (χ0n) is 24.5. The predicted molar refractivity (Wildman–Crippen MR) is 161 cm³/mol. The van der Waals surface area contributed by atoms with Gasteiger partial charge < -0.3 is 30.0 Å². The molecule has 0 radical (unpaired) electrons. The Balaban J connectivity index is 1.58. The van der Waals surface area contributed by atoms with Crippen LogP contribution in [0.5, 0.6) is 23.0 Å². The molecule has 3 aromatic carbocycles. The molecule has 0 unspecified atom stereocenters. The summed E-state index contributed by atoms with van der Waals surface area (Å²) < 4.78 is 16.6. The molecular formula is C34H36N2O6. The molecule has 1 aliphatic heterocycles. The fraction of sp³-hybridized carbons (Fsp3) is 0.294. The van der Waals surface area contributed by atoms with Gasteiger partial charge in [0.15, 0.2) is 28.8 Å². The number of phenols is 1. The highest BCUT2D eigenvalue weighted by atomic mass is 16.5. The molecule has 0 aromatic heterocycles. The van der Waals surface area contributed by atoms with Crippen molar-refractivity contribution in [3.8, 4) is 23.0 Å². The van der Waals surface area contributed by atoms with E-state index in [0.29, 0.717) is 58.4 Å². The Bertz CT molecular complexity index is 1610. The van der Waals surface area contributed by atoms with Gasteiger partial charge in [-0.15, -0.1) is 0 Å². The van der Waals surface area contributed by atoms with Crippen molar-refractivity contribution in [1.29, 1.82) is 0 Å². The molecule has 8 nitrogen and oxygen atoms in total. The van der Waals surface area contributed by atoms with Crippen molar-refractivity contribution in [3.05, 3.63) is 99.9 Å². The van der Waals surface area contributed by atoms with Gasteiger partial charge >= 0.3 is 0 Å². The smallest absolute Gasteiger partial charge is 0.254 e. The number of Topliss-reactive ketones (excluding diaryl/α,β-unsaturated/α-hetero) is 1. The molecule has 0 fully saturated rings. The van der Waals surface area contributed by atoms with Crippen LogP contribution in [0.4, 0.5) is 5.69 Å². The lowest BCUT2D eigenvalue weighted by atomic mass is 9.71. The molecule has 0 bridgehead atoms. The van der Waals surface area contributed by atoms with E-state index in [1.807, 2.05) is 63.2 Å². The Morgan fingerprint density at radius 2 is 1.67 bits per heavy atom. The molecule has 8 heteroatoms. The number of anilines is 1. The number of nitrogens with one attached hydrogen (secondary N) is 2. The first-order chi connectivity index (χ1) is 20.2. The van der Waals surface area contributed by atoms with E-state index < -0.39 is 5.92 Å². The standard InChI is InChI=1S/C34H36N2O6/c1-6-42-29-18-22(11-13-26(29)37)32-31(34(39)36-24-10-8-7-9-19(24)2)20(3)35-25-15-23(16-27(38)33(25)32)21-12-14-28(40-4)30(17-21)41-5/h7-14,17-18,23,32,35,37H,6,15-16H2,1-5H3,(H,36,39)/t23-,32-/m0/s1. The summed E-state index contributed by atoms with van der Waals surface area (Å²) in [5.41, 5.74) is 5.74. The van der Waals surface area contributed by atoms with Crippen LogP contribution in [0.1, 0.15) is 55.2 Å². The number of amides is 1. The molecular weight excluding hydrogens is 532 g/mol. The number of methoxy groups -OCH3 is 2. The Hall–Kier alpha value is -4.72. The third-order valence-electron chi connectivity index (χ3n) is 7.96. The SMILES string of the molecule is CCOc1cc([C@H]2C(C(=O)Nc3ccccc3C)=C(C)NC3=C2C(=O)C[C@@H](c2ccc(OC)c(OC)c2)C3)ccc1O. The molecule has 0 spiro atoms. The summed E-state index contributed by atoms with van der Waals surface area (Å²) in [6.07, 6.45) is 0.849. The predicted octanol–water partition coefficient (Wildman–Crippen LogP) is 6.12. The third-order valence-corrected chi connectivity index (χ3v) is 7.96. The van der Waals surface area contributed by atoms with E-state index in [-0.39, 0.29) is 29.8 Å². The number of aromatic hydroxyl groups is 1. The topological polar surface area (TPSA) is 106 Å². The fourth-order valence-electron chi connectivity index (χ4n) is 5.90. The van der Waals surface area contributed by atoms with E-state index in [4.69, 9.17) is 14.2 Å². The average Bonchev–Trinajstić information content (AvgIpc) is 2.98. The van der Waals surface area contributed by atoms with Crippen molar-refractivity contribution >= 4 is 17.4 Å². The van der Waals surface area contributed by atoms with Gasteiger partial charge in [-0.3, -0.25) is 9.59 Å². The minimum Gasteiger partial charge on any atom is -0.504 e. The molecule has 3 aromatic rings. The first-order valence-electron chi connectivity index (χ1n) is 14.0. The normalized spacial score (nSPS) is 18.3. The van der Waals surface area contributed by atoms with Crippen LogP contribution in [-0.2, 0) is 9.59 Å². The number of ketones is 1. The summed E-state index contributed by atoms with van der Waals surface area (Å²) in [6, 6.07) is 18.3. The number of benzene rings is 3. The summed E-state index contributed by atoms with van der Waals surface area (Å²) in [4.78, 5) is 28.0. The zero-order valence-corrected chi connectivity index (χ0v) is 24.5. The molecule has 1 heterocycles. The van der Waals surface area contributed by atoms with Crippen molar-refractivity contribution in [3.63, 3.8) is 0 Å². The number of phenolic OH excluding ortho intramolecular Hbond substituents is 1. The second-order valence-corrected chi connectivity index (χ2v) is 10.6. The lowest BCUT2D eigenvalue weighted by Crippen LogP contribution is -2.37. The summed E-state index contributed by atoms with van der Waals surface area (Å²) in [7, 11) is 3.18. The molecule has 1 aliphatic carbocycles. The second kappa shape index (κ2) is 12.0. The van der Waals surface area contributed by atoms with Gasteiger partial charge in [-0.2, -0.15) is 0 Å². The zero-order chi connectivity index (χ0) is 30.0. The first-order valence-corrected chi connectivity index (χ1v) is 14.0. The van der Waals surface area contributed by atoms with Crippen LogP contribution < -0.4 is 24.8 Å². The molecule has 218 valence electrons. The molecule has 2 aliphatic rings. The number of carbonyl (C=O) groups excluding carboxylic acids is 2. The Morgan fingerprint density at radius 3 is 2.38 bits per heavy atom. The highest BCUT2D eigenvalue weighted by Crippen LogP contribution is 2.47. The average molecular weight is 569 g/mol. The van der Waals surface area contributed by atoms with Crippen molar-refractivity contribution in [2.45, 2.75) is 45.4 Å². The Kier molecular flexibility index (Phi) is 8.24. The number of dihydropyridines is 1. The summed E-state index contributed by atoms with van der Waals surface area (Å²) in [6.45, 7) is 5.99. The maximum atomic E-state index is 14.0. The van der Waals surface area contributed by atoms with Crippen molar-refractivity contribution in [2.75, 3.05) is 26.1 Å². The number of ether oxygens (including phenoxy) is 3. The fourth-order valence-corrected chi connectivity index (χ4v) is 5.90. The van der Waals surface area contributed by atoms with Gasteiger partial charge in [0.25, 0.3) is 5.91 Å². The van der Waals surface area contributed by atoms with Gasteiger partial charge in [-0.1, -0.05) is 30.3 Å². The summed E-state index contributed by atoms with van der Waals surface area (Å²) >= 11 is 0.